The molecule has 0 amide bonds. The molecule has 0 aliphatic carbocycles. The molecule has 0 fully saturated rings. The van der Waals surface area contributed by atoms with Crippen LogP contribution in [0.4, 0.5) is 10.8 Å². The highest BCUT2D eigenvalue weighted by Crippen LogP contribution is 2.26. The summed E-state index contributed by atoms with van der Waals surface area (Å²) in [7, 11) is 0. The maximum atomic E-state index is 5.91. The lowest BCUT2D eigenvalue weighted by Crippen LogP contribution is -2.18. The molecule has 0 saturated carbocycles. The van der Waals surface area contributed by atoms with E-state index in [9.17, 15) is 0 Å². The Morgan fingerprint density at radius 3 is 2.38 bits per heavy atom. The summed E-state index contributed by atoms with van der Waals surface area (Å²) in [6, 6.07) is 16.1. The van der Waals surface area contributed by atoms with E-state index in [4.69, 9.17) is 34.8 Å². The molecule has 0 spiro atoms. The molecule has 4 nitrogen and oxygen atoms in total. The lowest BCUT2D eigenvalue weighted by atomic mass is 10.2. The highest BCUT2D eigenvalue weighted by atomic mass is 35.5. The smallest absolute Gasteiger partial charge is 0.203 e. The number of thiazole rings is 1. The zero-order chi connectivity index (χ0) is 18.4. The summed E-state index contributed by atoms with van der Waals surface area (Å²) < 4.78 is 0. The zero-order valence-corrected chi connectivity index (χ0v) is 16.7. The predicted octanol–water partition coefficient (Wildman–Crippen LogP) is 6.11. The van der Waals surface area contributed by atoms with Gasteiger partial charge >= 0.3 is 0 Å². The first kappa shape index (κ1) is 19.0. The minimum atomic E-state index is 0.346. The van der Waals surface area contributed by atoms with Gasteiger partial charge in [0.15, 0.2) is 0 Å². The van der Waals surface area contributed by atoms with Crippen LogP contribution in [0.3, 0.4) is 0 Å². The van der Waals surface area contributed by atoms with Crippen LogP contribution in [-0.2, 0) is 0 Å². The molecule has 0 radical (unpaired) electrons. The number of hydrogen-bond donors (Lipinski definition) is 1. The molecule has 0 unspecified atom stereocenters. The number of hydrazone groups is 1. The normalized spacial score (nSPS) is 11.0. The maximum absolute atomic E-state index is 5.91. The molecule has 134 valence electrons. The van der Waals surface area contributed by atoms with Gasteiger partial charge in [-0.15, -0.1) is 34.5 Å². The standard InChI is InChI=1S/C18H15Cl3N4S/c19-11-25(12-20)16-7-1-13(2-8-16)9-22-24-18-23-17(10-26-18)14-3-5-15(21)6-4-14/h1-10H,11-12H2,(H,23,24)/b22-9-. The van der Waals surface area contributed by atoms with Crippen molar-refractivity contribution in [3.63, 3.8) is 0 Å². The van der Waals surface area contributed by atoms with Crippen LogP contribution in [0.2, 0.25) is 5.02 Å². The van der Waals surface area contributed by atoms with Crippen molar-refractivity contribution in [3.05, 3.63) is 64.5 Å². The molecule has 3 rings (SSSR count). The molecule has 1 heterocycles. The number of hydrogen-bond acceptors (Lipinski definition) is 5. The Bertz CT molecular complexity index is 859. The summed E-state index contributed by atoms with van der Waals surface area (Å²) in [5, 5.41) is 7.64. The third-order valence-corrected chi connectivity index (χ3v) is 5.14. The van der Waals surface area contributed by atoms with Gasteiger partial charge in [-0.1, -0.05) is 35.9 Å². The summed E-state index contributed by atoms with van der Waals surface area (Å²) in [5.74, 6) is 0. The van der Waals surface area contributed by atoms with Gasteiger partial charge in [-0.3, -0.25) is 5.43 Å². The van der Waals surface area contributed by atoms with Crippen LogP contribution in [0.25, 0.3) is 11.3 Å². The molecule has 0 saturated heterocycles. The molecule has 0 atom stereocenters. The van der Waals surface area contributed by atoms with Crippen molar-refractivity contribution < 1.29 is 0 Å². The van der Waals surface area contributed by atoms with Crippen LogP contribution in [-0.4, -0.2) is 23.2 Å². The van der Waals surface area contributed by atoms with Gasteiger partial charge in [0.1, 0.15) is 0 Å². The number of benzene rings is 2. The SMILES string of the molecule is ClCN(CCl)c1ccc(/C=N\Nc2nc(-c3ccc(Cl)cc3)cs2)cc1. The Hall–Kier alpha value is -1.79. The molecule has 26 heavy (non-hydrogen) atoms. The van der Waals surface area contributed by atoms with E-state index in [1.165, 1.54) is 11.3 Å². The van der Waals surface area contributed by atoms with E-state index in [0.29, 0.717) is 17.0 Å². The fourth-order valence-corrected chi connectivity index (χ4v) is 3.51. The number of anilines is 2. The van der Waals surface area contributed by atoms with Crippen molar-refractivity contribution in [1.82, 2.24) is 4.98 Å². The average Bonchev–Trinajstić information content (AvgIpc) is 3.13. The predicted molar refractivity (Wildman–Crippen MR) is 114 cm³/mol. The molecular weight excluding hydrogens is 411 g/mol. The molecule has 1 N–H and O–H groups in total. The molecule has 1 aromatic heterocycles. The number of nitrogens with one attached hydrogen (secondary N) is 1. The van der Waals surface area contributed by atoms with Gasteiger partial charge in [0.25, 0.3) is 0 Å². The first-order valence-electron chi connectivity index (χ1n) is 7.67. The maximum Gasteiger partial charge on any atom is 0.203 e. The Labute approximate surface area is 171 Å². The number of rotatable bonds is 7. The van der Waals surface area contributed by atoms with Gasteiger partial charge in [0.05, 0.1) is 23.9 Å². The van der Waals surface area contributed by atoms with Crippen molar-refractivity contribution in [2.24, 2.45) is 5.10 Å². The molecule has 3 aromatic rings. The quantitative estimate of drug-likeness (QED) is 0.215. The molecule has 0 aliphatic rings. The summed E-state index contributed by atoms with van der Waals surface area (Å²) >= 11 is 19.1. The van der Waals surface area contributed by atoms with Crippen molar-refractivity contribution in [3.8, 4) is 11.3 Å². The number of nitrogens with zero attached hydrogens (tertiary/aromatic N) is 3. The van der Waals surface area contributed by atoms with Crippen LogP contribution in [0.5, 0.6) is 0 Å². The monoisotopic (exact) mass is 424 g/mol. The van der Waals surface area contributed by atoms with E-state index in [0.717, 1.165) is 27.6 Å². The van der Waals surface area contributed by atoms with Crippen LogP contribution < -0.4 is 10.3 Å². The third kappa shape index (κ3) is 4.89. The molecule has 2 aromatic carbocycles. The highest BCUT2D eigenvalue weighted by molar-refractivity contribution is 7.14. The van der Waals surface area contributed by atoms with E-state index in [-0.39, 0.29) is 0 Å². The minimum Gasteiger partial charge on any atom is -0.344 e. The van der Waals surface area contributed by atoms with Gasteiger partial charge in [-0.2, -0.15) is 5.10 Å². The van der Waals surface area contributed by atoms with Crippen molar-refractivity contribution in [2.45, 2.75) is 0 Å². The number of aromatic nitrogens is 1. The Balaban J connectivity index is 1.61. The fraction of sp³-hybridized carbons (Fsp3) is 0.111. The lowest BCUT2D eigenvalue weighted by Gasteiger charge is -2.18. The third-order valence-electron chi connectivity index (χ3n) is 3.56. The summed E-state index contributed by atoms with van der Waals surface area (Å²) in [5.41, 5.74) is 6.78. The van der Waals surface area contributed by atoms with Gasteiger partial charge in [0.2, 0.25) is 5.13 Å². The van der Waals surface area contributed by atoms with E-state index in [2.05, 4.69) is 15.5 Å². The second-order valence-electron chi connectivity index (χ2n) is 5.29. The summed E-state index contributed by atoms with van der Waals surface area (Å²) in [6.45, 7) is 0. The number of halogens is 3. The van der Waals surface area contributed by atoms with Crippen molar-refractivity contribution in [1.29, 1.82) is 0 Å². The molecular formula is C18H15Cl3N4S. The van der Waals surface area contributed by atoms with Crippen molar-refractivity contribution >= 4 is 63.2 Å². The molecule has 8 heteroatoms. The van der Waals surface area contributed by atoms with E-state index < -0.39 is 0 Å². The zero-order valence-electron chi connectivity index (χ0n) is 13.6. The van der Waals surface area contributed by atoms with Crippen LogP contribution in [0.15, 0.2) is 59.0 Å². The van der Waals surface area contributed by atoms with Crippen LogP contribution in [0.1, 0.15) is 5.56 Å². The lowest BCUT2D eigenvalue weighted by molar-refractivity contribution is 1.05. The van der Waals surface area contributed by atoms with E-state index in [1.54, 1.807) is 6.21 Å². The first-order valence-corrected chi connectivity index (χ1v) is 10.00. The second kappa shape index (κ2) is 9.24. The first-order chi connectivity index (χ1) is 12.7. The van der Waals surface area contributed by atoms with Gasteiger partial charge in [-0.05, 0) is 29.8 Å². The highest BCUT2D eigenvalue weighted by Gasteiger charge is 2.04. The van der Waals surface area contributed by atoms with Gasteiger partial charge < -0.3 is 4.90 Å². The van der Waals surface area contributed by atoms with Crippen molar-refractivity contribution in [2.75, 3.05) is 22.3 Å². The largest absolute Gasteiger partial charge is 0.344 e. The minimum absolute atomic E-state index is 0.346. The number of alkyl halides is 2. The van der Waals surface area contributed by atoms with Gasteiger partial charge in [-0.25, -0.2) is 4.98 Å². The van der Waals surface area contributed by atoms with Crippen LogP contribution >= 0.6 is 46.1 Å². The Kier molecular flexibility index (Phi) is 6.74. The second-order valence-corrected chi connectivity index (χ2v) is 7.06. The molecule has 0 aliphatic heterocycles. The fourth-order valence-electron chi connectivity index (χ4n) is 2.18. The van der Waals surface area contributed by atoms with Gasteiger partial charge in [0, 0.05) is 21.7 Å². The Morgan fingerprint density at radius 1 is 1.04 bits per heavy atom. The average molecular weight is 426 g/mol. The van der Waals surface area contributed by atoms with E-state index in [1.807, 2.05) is 58.8 Å². The van der Waals surface area contributed by atoms with E-state index >= 15 is 0 Å². The topological polar surface area (TPSA) is 40.5 Å². The Morgan fingerprint density at radius 2 is 1.73 bits per heavy atom. The molecule has 0 bridgehead atoms. The summed E-state index contributed by atoms with van der Waals surface area (Å²) in [6.07, 6.45) is 1.73. The van der Waals surface area contributed by atoms with Crippen LogP contribution in [0, 0.1) is 0 Å². The summed E-state index contributed by atoms with van der Waals surface area (Å²) in [4.78, 5) is 6.36.